The van der Waals surface area contributed by atoms with Crippen LogP contribution in [0.4, 0.5) is 5.69 Å². The molecule has 0 heterocycles. The number of carbonyl (C=O) groups is 1. The molecule has 18 heavy (non-hydrogen) atoms. The first-order chi connectivity index (χ1) is 8.62. The number of hydrogen-bond acceptors (Lipinski definition) is 3. The van der Waals surface area contributed by atoms with Gasteiger partial charge in [0.15, 0.2) is 0 Å². The van der Waals surface area contributed by atoms with Crippen LogP contribution in [0, 0.1) is 0 Å². The fourth-order valence-electron chi connectivity index (χ4n) is 1.88. The monoisotopic (exact) mass is 250 g/mol. The Labute approximate surface area is 109 Å². The maximum atomic E-state index is 12.1. The van der Waals surface area contributed by atoms with Gasteiger partial charge in [-0.25, -0.2) is 0 Å². The van der Waals surface area contributed by atoms with Gasteiger partial charge in [0, 0.05) is 18.8 Å². The summed E-state index contributed by atoms with van der Waals surface area (Å²) in [5, 5.41) is 12.2. The quantitative estimate of drug-likeness (QED) is 0.810. The molecule has 0 spiro atoms. The summed E-state index contributed by atoms with van der Waals surface area (Å²) in [5.41, 5.74) is 1.69. The average molecular weight is 250 g/mol. The molecule has 100 valence electrons. The van der Waals surface area contributed by atoms with Crippen LogP contribution in [0.15, 0.2) is 24.3 Å². The molecule has 0 aliphatic heterocycles. The minimum absolute atomic E-state index is 0.00783. The lowest BCUT2D eigenvalue weighted by atomic mass is 10.2. The highest BCUT2D eigenvalue weighted by molar-refractivity contribution is 5.84. The van der Waals surface area contributed by atoms with Gasteiger partial charge in [0.05, 0.1) is 6.61 Å². The van der Waals surface area contributed by atoms with Gasteiger partial charge in [0.2, 0.25) is 5.91 Å². The van der Waals surface area contributed by atoms with Crippen LogP contribution in [0.3, 0.4) is 0 Å². The van der Waals surface area contributed by atoms with Gasteiger partial charge in [-0.2, -0.15) is 0 Å². The smallest absolute Gasteiger partial charge is 0.244 e. The number of rotatable bonds is 6. The third-order valence-electron chi connectivity index (χ3n) is 2.94. The molecule has 1 amide bonds. The molecule has 0 saturated carbocycles. The van der Waals surface area contributed by atoms with Crippen molar-refractivity contribution in [3.8, 4) is 0 Å². The third kappa shape index (κ3) is 3.74. The zero-order chi connectivity index (χ0) is 13.5. The van der Waals surface area contributed by atoms with Crippen molar-refractivity contribution >= 4 is 11.6 Å². The number of carbonyl (C=O) groups excluding carboxylic acids is 1. The number of nitrogens with one attached hydrogen (secondary N) is 1. The summed E-state index contributed by atoms with van der Waals surface area (Å²) in [4.78, 5) is 13.9. The normalized spacial score (nSPS) is 12.0. The largest absolute Gasteiger partial charge is 0.392 e. The molecule has 0 aromatic heterocycles. The van der Waals surface area contributed by atoms with Crippen molar-refractivity contribution in [3.05, 3.63) is 29.8 Å². The molecule has 0 aliphatic carbocycles. The lowest BCUT2D eigenvalue weighted by Crippen LogP contribution is -2.41. The third-order valence-corrected chi connectivity index (χ3v) is 2.94. The molecule has 2 N–H and O–H groups in total. The summed E-state index contributed by atoms with van der Waals surface area (Å²) < 4.78 is 0. The first kappa shape index (κ1) is 14.5. The first-order valence-electron chi connectivity index (χ1n) is 6.37. The Hall–Kier alpha value is -1.55. The second-order valence-corrected chi connectivity index (χ2v) is 4.24. The summed E-state index contributed by atoms with van der Waals surface area (Å²) in [6.45, 7) is 7.25. The van der Waals surface area contributed by atoms with Crippen molar-refractivity contribution in [2.45, 2.75) is 33.4 Å². The number of hydrogen-bond donors (Lipinski definition) is 2. The van der Waals surface area contributed by atoms with Gasteiger partial charge in [-0.15, -0.1) is 0 Å². The summed E-state index contributed by atoms with van der Waals surface area (Å²) in [6.07, 6.45) is 0. The summed E-state index contributed by atoms with van der Waals surface area (Å²) >= 11 is 0. The van der Waals surface area contributed by atoms with Gasteiger partial charge in [0.1, 0.15) is 6.04 Å². The summed E-state index contributed by atoms with van der Waals surface area (Å²) in [6, 6.07) is 7.20. The molecule has 0 saturated heterocycles. The lowest BCUT2D eigenvalue weighted by molar-refractivity contribution is -0.131. The minimum atomic E-state index is -0.265. The number of anilines is 1. The molecule has 1 unspecified atom stereocenters. The molecule has 1 atom stereocenters. The van der Waals surface area contributed by atoms with Crippen LogP contribution >= 0.6 is 0 Å². The van der Waals surface area contributed by atoms with Crippen molar-refractivity contribution in [2.24, 2.45) is 0 Å². The van der Waals surface area contributed by atoms with Crippen molar-refractivity contribution in [2.75, 3.05) is 18.4 Å². The zero-order valence-electron chi connectivity index (χ0n) is 11.3. The maximum absolute atomic E-state index is 12.1. The van der Waals surface area contributed by atoms with Crippen LogP contribution in [0.2, 0.25) is 0 Å². The van der Waals surface area contributed by atoms with Crippen molar-refractivity contribution in [1.29, 1.82) is 0 Å². The molecular weight excluding hydrogens is 228 g/mol. The number of benzene rings is 1. The lowest BCUT2D eigenvalue weighted by Gasteiger charge is -2.24. The second kappa shape index (κ2) is 7.01. The standard InChI is InChI=1S/C14H22N2O2/c1-4-16(5-2)14(18)11(3)15-13-8-6-7-12(9-13)10-17/h6-9,11,15,17H,4-5,10H2,1-3H3. The summed E-state index contributed by atoms with van der Waals surface area (Å²) in [5.74, 6) is 0.0920. The van der Waals surface area contributed by atoms with Crippen LogP contribution in [-0.2, 0) is 11.4 Å². The Bertz CT molecular complexity index is 389. The molecule has 4 heteroatoms. The summed E-state index contributed by atoms with van der Waals surface area (Å²) in [7, 11) is 0. The number of aliphatic hydroxyl groups excluding tert-OH is 1. The SMILES string of the molecule is CCN(CC)C(=O)C(C)Nc1cccc(CO)c1. The Kier molecular flexibility index (Phi) is 5.65. The van der Waals surface area contributed by atoms with Gasteiger partial charge in [-0.3, -0.25) is 4.79 Å². The number of likely N-dealkylation sites (N-methyl/N-ethyl adjacent to an activating group) is 1. The van der Waals surface area contributed by atoms with Gasteiger partial charge in [-0.1, -0.05) is 12.1 Å². The maximum Gasteiger partial charge on any atom is 0.244 e. The fraction of sp³-hybridized carbons (Fsp3) is 0.500. The van der Waals surface area contributed by atoms with Crippen LogP contribution in [-0.4, -0.2) is 35.0 Å². The minimum Gasteiger partial charge on any atom is -0.392 e. The first-order valence-corrected chi connectivity index (χ1v) is 6.37. The Morgan fingerprint density at radius 3 is 2.61 bits per heavy atom. The van der Waals surface area contributed by atoms with Crippen molar-refractivity contribution in [3.63, 3.8) is 0 Å². The predicted octanol–water partition coefficient (Wildman–Crippen LogP) is 1.85. The van der Waals surface area contributed by atoms with Gasteiger partial charge >= 0.3 is 0 Å². The van der Waals surface area contributed by atoms with Crippen LogP contribution in [0.25, 0.3) is 0 Å². The molecule has 1 aromatic rings. The zero-order valence-corrected chi connectivity index (χ0v) is 11.3. The van der Waals surface area contributed by atoms with E-state index >= 15 is 0 Å². The second-order valence-electron chi connectivity index (χ2n) is 4.24. The van der Waals surface area contributed by atoms with Crippen LogP contribution in [0.1, 0.15) is 26.3 Å². The van der Waals surface area contributed by atoms with Crippen LogP contribution in [0.5, 0.6) is 0 Å². The topological polar surface area (TPSA) is 52.6 Å². The molecule has 0 aliphatic rings. The predicted molar refractivity (Wildman–Crippen MR) is 73.4 cm³/mol. The van der Waals surface area contributed by atoms with Crippen molar-refractivity contribution in [1.82, 2.24) is 4.90 Å². The molecule has 0 fully saturated rings. The van der Waals surface area contributed by atoms with E-state index in [1.54, 1.807) is 4.90 Å². The van der Waals surface area contributed by atoms with Gasteiger partial charge in [0.25, 0.3) is 0 Å². The van der Waals surface area contributed by atoms with E-state index in [0.717, 1.165) is 24.3 Å². The van der Waals surface area contributed by atoms with E-state index in [1.807, 2.05) is 45.0 Å². The highest BCUT2D eigenvalue weighted by Crippen LogP contribution is 2.12. The highest BCUT2D eigenvalue weighted by Gasteiger charge is 2.17. The number of aliphatic hydroxyl groups is 1. The fourth-order valence-corrected chi connectivity index (χ4v) is 1.88. The Morgan fingerprint density at radius 2 is 2.06 bits per heavy atom. The Balaban J connectivity index is 2.68. The van der Waals surface area contributed by atoms with E-state index in [-0.39, 0.29) is 18.6 Å². The highest BCUT2D eigenvalue weighted by atomic mass is 16.3. The molecule has 1 aromatic carbocycles. The molecular formula is C14H22N2O2. The van der Waals surface area contributed by atoms with E-state index in [4.69, 9.17) is 5.11 Å². The van der Waals surface area contributed by atoms with Crippen molar-refractivity contribution < 1.29 is 9.90 Å². The number of amides is 1. The molecule has 0 radical (unpaired) electrons. The van der Waals surface area contributed by atoms with Crippen LogP contribution < -0.4 is 5.32 Å². The van der Waals surface area contributed by atoms with E-state index < -0.39 is 0 Å². The van der Waals surface area contributed by atoms with Gasteiger partial charge < -0.3 is 15.3 Å². The van der Waals surface area contributed by atoms with Gasteiger partial charge in [-0.05, 0) is 38.5 Å². The van der Waals surface area contributed by atoms with E-state index in [2.05, 4.69) is 5.32 Å². The average Bonchev–Trinajstić information content (AvgIpc) is 2.40. The van der Waals surface area contributed by atoms with E-state index in [0.29, 0.717) is 0 Å². The van der Waals surface area contributed by atoms with E-state index in [1.165, 1.54) is 0 Å². The van der Waals surface area contributed by atoms with E-state index in [9.17, 15) is 4.79 Å². The molecule has 0 bridgehead atoms. The number of nitrogens with zero attached hydrogens (tertiary/aromatic N) is 1. The molecule has 1 rings (SSSR count). The Morgan fingerprint density at radius 1 is 1.39 bits per heavy atom. The molecule has 4 nitrogen and oxygen atoms in total.